The second-order valence-corrected chi connectivity index (χ2v) is 7.68. The molecule has 2 aliphatic rings. The number of ether oxygens (including phenoxy) is 2. The Hall–Kier alpha value is -2.43. The summed E-state index contributed by atoms with van der Waals surface area (Å²) < 4.78 is 10.9. The van der Waals surface area contributed by atoms with Gasteiger partial charge in [-0.3, -0.25) is 9.69 Å². The van der Waals surface area contributed by atoms with Crippen molar-refractivity contribution < 1.29 is 19.4 Å². The lowest BCUT2D eigenvalue weighted by Gasteiger charge is -2.38. The predicted octanol–water partition coefficient (Wildman–Crippen LogP) is 1.47. The molecule has 0 aliphatic carbocycles. The minimum Gasteiger partial charge on any atom is -0.454 e. The molecular weight excluding hydrogens is 382 g/mol. The van der Waals surface area contributed by atoms with E-state index in [0.717, 1.165) is 42.8 Å². The molecule has 0 radical (unpaired) electrons. The first-order valence-corrected chi connectivity index (χ1v) is 10.1. The number of benzene rings is 1. The van der Waals surface area contributed by atoms with Crippen LogP contribution < -0.4 is 19.7 Å². The molecule has 4 rings (SSSR count). The lowest BCUT2D eigenvalue weighted by Crippen LogP contribution is -2.47. The molecule has 1 fully saturated rings. The number of aliphatic hydroxyl groups is 1. The smallest absolute Gasteiger partial charge is 0.231 e. The van der Waals surface area contributed by atoms with Crippen molar-refractivity contribution in [2.45, 2.75) is 19.4 Å². The Morgan fingerprint density at radius 2 is 2.04 bits per heavy atom. The summed E-state index contributed by atoms with van der Waals surface area (Å²) in [6.45, 7) is 5.80. The molecule has 2 N–H and O–H groups in total. The van der Waals surface area contributed by atoms with Crippen LogP contribution in [0.1, 0.15) is 24.9 Å². The SMILES string of the molecule is C[C@@H](c1ccc2c(c1)OCO2)N1CCN(c2nnc(NC(=O)CCO)s2)CC1. The highest BCUT2D eigenvalue weighted by atomic mass is 32.1. The van der Waals surface area contributed by atoms with E-state index < -0.39 is 0 Å². The zero-order chi connectivity index (χ0) is 19.5. The fourth-order valence-electron chi connectivity index (χ4n) is 3.36. The lowest BCUT2D eigenvalue weighted by atomic mass is 10.1. The third-order valence-corrected chi connectivity index (χ3v) is 5.91. The van der Waals surface area contributed by atoms with Crippen LogP contribution in [0.2, 0.25) is 0 Å². The van der Waals surface area contributed by atoms with Crippen molar-refractivity contribution in [3.05, 3.63) is 23.8 Å². The molecule has 1 aromatic carbocycles. The fraction of sp³-hybridized carbons (Fsp3) is 0.500. The molecule has 0 unspecified atom stereocenters. The Labute approximate surface area is 166 Å². The van der Waals surface area contributed by atoms with E-state index in [1.165, 1.54) is 16.9 Å². The van der Waals surface area contributed by atoms with E-state index in [-0.39, 0.29) is 31.8 Å². The number of piperazine rings is 1. The van der Waals surface area contributed by atoms with Crippen LogP contribution in [0, 0.1) is 0 Å². The van der Waals surface area contributed by atoms with Crippen molar-refractivity contribution in [3.63, 3.8) is 0 Å². The minimum absolute atomic E-state index is 0.0608. The molecule has 0 saturated carbocycles. The fourth-order valence-corrected chi connectivity index (χ4v) is 4.17. The average Bonchev–Trinajstić information content (AvgIpc) is 3.36. The highest BCUT2D eigenvalue weighted by Gasteiger charge is 2.25. The summed E-state index contributed by atoms with van der Waals surface area (Å²) in [4.78, 5) is 16.2. The molecule has 28 heavy (non-hydrogen) atoms. The first-order chi connectivity index (χ1) is 13.6. The van der Waals surface area contributed by atoms with Gasteiger partial charge in [-0.05, 0) is 24.6 Å². The summed E-state index contributed by atoms with van der Waals surface area (Å²) in [5.74, 6) is 1.36. The van der Waals surface area contributed by atoms with Gasteiger partial charge in [-0.1, -0.05) is 17.4 Å². The number of hydrogen-bond acceptors (Lipinski definition) is 9. The second kappa shape index (κ2) is 8.29. The predicted molar refractivity (Wildman–Crippen MR) is 105 cm³/mol. The molecule has 0 spiro atoms. The summed E-state index contributed by atoms with van der Waals surface area (Å²) in [6.07, 6.45) is 0.0608. The van der Waals surface area contributed by atoms with E-state index in [2.05, 4.69) is 44.4 Å². The van der Waals surface area contributed by atoms with Gasteiger partial charge in [0.1, 0.15) is 0 Å². The minimum atomic E-state index is -0.257. The van der Waals surface area contributed by atoms with Gasteiger partial charge in [-0.2, -0.15) is 0 Å². The maximum Gasteiger partial charge on any atom is 0.231 e. The van der Waals surface area contributed by atoms with Crippen LogP contribution in [0.5, 0.6) is 11.5 Å². The molecule has 1 saturated heterocycles. The average molecular weight is 405 g/mol. The highest BCUT2D eigenvalue weighted by molar-refractivity contribution is 7.19. The first kappa shape index (κ1) is 18.9. The van der Waals surface area contributed by atoms with Crippen LogP contribution in [0.15, 0.2) is 18.2 Å². The number of carbonyl (C=O) groups is 1. The summed E-state index contributed by atoms with van der Waals surface area (Å²) in [6, 6.07) is 6.40. The van der Waals surface area contributed by atoms with Gasteiger partial charge < -0.3 is 24.8 Å². The monoisotopic (exact) mass is 405 g/mol. The van der Waals surface area contributed by atoms with Gasteiger partial charge in [0.2, 0.25) is 23.0 Å². The molecule has 3 heterocycles. The van der Waals surface area contributed by atoms with Crippen LogP contribution in [0.25, 0.3) is 0 Å². The number of rotatable bonds is 6. The van der Waals surface area contributed by atoms with Crippen LogP contribution in [0.3, 0.4) is 0 Å². The van der Waals surface area contributed by atoms with Gasteiger partial charge in [0.05, 0.1) is 13.0 Å². The third-order valence-electron chi connectivity index (χ3n) is 5.01. The standard InChI is InChI=1S/C18H23N5O4S/c1-12(13-2-3-14-15(10-13)27-11-26-14)22-5-7-23(8-6-22)18-21-20-17(28-18)19-16(25)4-9-24/h2-3,10,12,24H,4-9,11H2,1H3,(H,19,20,25)/t12-/m0/s1. The van der Waals surface area contributed by atoms with Crippen molar-refractivity contribution in [1.82, 2.24) is 15.1 Å². The number of fused-ring (bicyclic) bond motifs is 1. The number of nitrogens with zero attached hydrogens (tertiary/aromatic N) is 4. The maximum atomic E-state index is 11.6. The van der Waals surface area contributed by atoms with Gasteiger partial charge in [0.15, 0.2) is 11.5 Å². The van der Waals surface area contributed by atoms with Gasteiger partial charge >= 0.3 is 0 Å². The van der Waals surface area contributed by atoms with Gasteiger partial charge in [-0.25, -0.2) is 0 Å². The third kappa shape index (κ3) is 4.03. The summed E-state index contributed by atoms with van der Waals surface area (Å²) in [5, 5.41) is 20.9. The summed E-state index contributed by atoms with van der Waals surface area (Å²) in [5.41, 5.74) is 1.21. The number of aromatic nitrogens is 2. The van der Waals surface area contributed by atoms with Crippen LogP contribution in [-0.4, -0.2) is 65.7 Å². The summed E-state index contributed by atoms with van der Waals surface area (Å²) in [7, 11) is 0. The molecule has 2 aromatic rings. The number of carbonyl (C=O) groups excluding carboxylic acids is 1. The zero-order valence-corrected chi connectivity index (χ0v) is 16.4. The molecule has 2 aliphatic heterocycles. The molecule has 9 nitrogen and oxygen atoms in total. The van der Waals surface area contributed by atoms with E-state index in [0.29, 0.717) is 5.13 Å². The van der Waals surface area contributed by atoms with Crippen LogP contribution in [0.4, 0.5) is 10.3 Å². The Morgan fingerprint density at radius 1 is 1.25 bits per heavy atom. The molecule has 1 aromatic heterocycles. The van der Waals surface area contributed by atoms with Crippen molar-refractivity contribution >= 4 is 27.5 Å². The number of anilines is 2. The van der Waals surface area contributed by atoms with E-state index >= 15 is 0 Å². The largest absolute Gasteiger partial charge is 0.454 e. The van der Waals surface area contributed by atoms with Gasteiger partial charge in [-0.15, -0.1) is 10.2 Å². The Kier molecular flexibility index (Phi) is 5.60. The summed E-state index contributed by atoms with van der Waals surface area (Å²) >= 11 is 1.35. The molecule has 150 valence electrons. The van der Waals surface area contributed by atoms with E-state index in [4.69, 9.17) is 14.6 Å². The Morgan fingerprint density at radius 3 is 2.82 bits per heavy atom. The number of nitrogens with one attached hydrogen (secondary N) is 1. The van der Waals surface area contributed by atoms with Gasteiger partial charge in [0.25, 0.3) is 0 Å². The molecule has 1 amide bonds. The Bertz CT molecular complexity index is 837. The van der Waals surface area contributed by atoms with Crippen molar-refractivity contribution in [2.75, 3.05) is 49.8 Å². The number of amides is 1. The molecule has 0 bridgehead atoms. The zero-order valence-electron chi connectivity index (χ0n) is 15.6. The second-order valence-electron chi connectivity index (χ2n) is 6.72. The van der Waals surface area contributed by atoms with Crippen molar-refractivity contribution in [1.29, 1.82) is 0 Å². The number of hydrogen-bond donors (Lipinski definition) is 2. The number of aliphatic hydroxyl groups excluding tert-OH is 1. The normalized spacial score (nSPS) is 17.6. The van der Waals surface area contributed by atoms with Crippen LogP contribution in [-0.2, 0) is 4.79 Å². The molecular formula is C18H23N5O4S. The topological polar surface area (TPSA) is 100 Å². The molecule has 10 heteroatoms. The maximum absolute atomic E-state index is 11.6. The van der Waals surface area contributed by atoms with E-state index in [9.17, 15) is 4.79 Å². The Balaban J connectivity index is 1.33. The highest BCUT2D eigenvalue weighted by Crippen LogP contribution is 2.35. The van der Waals surface area contributed by atoms with Gasteiger partial charge in [0, 0.05) is 32.2 Å². The van der Waals surface area contributed by atoms with E-state index in [1.807, 2.05) is 6.07 Å². The lowest BCUT2D eigenvalue weighted by molar-refractivity contribution is -0.116. The molecule has 1 atom stereocenters. The quantitative estimate of drug-likeness (QED) is 0.745. The van der Waals surface area contributed by atoms with E-state index in [1.54, 1.807) is 0 Å². The van der Waals surface area contributed by atoms with Crippen molar-refractivity contribution in [2.24, 2.45) is 0 Å². The first-order valence-electron chi connectivity index (χ1n) is 9.27. The van der Waals surface area contributed by atoms with Crippen LogP contribution >= 0.6 is 11.3 Å². The van der Waals surface area contributed by atoms with Crippen molar-refractivity contribution in [3.8, 4) is 11.5 Å².